The molecule has 0 aliphatic carbocycles. The van der Waals surface area contributed by atoms with Crippen molar-refractivity contribution in [2.75, 3.05) is 26.7 Å². The Balaban J connectivity index is 2.41. The van der Waals surface area contributed by atoms with Crippen LogP contribution in [0.25, 0.3) is 0 Å². The zero-order chi connectivity index (χ0) is 9.84. The van der Waals surface area contributed by atoms with E-state index in [1.807, 2.05) is 0 Å². The summed E-state index contributed by atoms with van der Waals surface area (Å²) in [6.07, 6.45) is 1.59. The van der Waals surface area contributed by atoms with E-state index in [9.17, 15) is 0 Å². The summed E-state index contributed by atoms with van der Waals surface area (Å²) in [5, 5.41) is 0. The molecule has 1 heterocycles. The number of rotatable bonds is 4. The number of methoxy groups -OCH3 is 1. The highest BCUT2D eigenvalue weighted by molar-refractivity contribution is 4.85. The van der Waals surface area contributed by atoms with E-state index in [1.165, 1.54) is 13.0 Å². The van der Waals surface area contributed by atoms with Crippen molar-refractivity contribution in [2.24, 2.45) is 11.7 Å². The predicted molar refractivity (Wildman–Crippen MR) is 54.7 cm³/mol. The lowest BCUT2D eigenvalue weighted by molar-refractivity contribution is 0.0706. The summed E-state index contributed by atoms with van der Waals surface area (Å²) in [7, 11) is 1.77. The van der Waals surface area contributed by atoms with Gasteiger partial charge in [-0.25, -0.2) is 0 Å². The number of nitrogens with zero attached hydrogens (tertiary/aromatic N) is 1. The lowest BCUT2D eigenvalue weighted by Crippen LogP contribution is -2.42. The average molecular weight is 186 g/mol. The molecular formula is C10H22N2O. The second-order valence-electron chi connectivity index (χ2n) is 4.11. The standard InChI is InChI=1S/C10H22N2O/c1-8-4-5-12(10(8)6-11)7-9(2)13-3/h8-10H,4-7,11H2,1-3H3. The third kappa shape index (κ3) is 2.66. The Kier molecular flexibility index (Phi) is 4.16. The lowest BCUT2D eigenvalue weighted by atomic mass is 10.0. The minimum Gasteiger partial charge on any atom is -0.380 e. The van der Waals surface area contributed by atoms with Crippen molar-refractivity contribution in [3.63, 3.8) is 0 Å². The van der Waals surface area contributed by atoms with Crippen LogP contribution in [0.1, 0.15) is 20.3 Å². The quantitative estimate of drug-likeness (QED) is 0.702. The third-order valence-electron chi connectivity index (χ3n) is 3.13. The Morgan fingerprint density at radius 1 is 1.62 bits per heavy atom. The van der Waals surface area contributed by atoms with E-state index in [0.717, 1.165) is 19.0 Å². The van der Waals surface area contributed by atoms with Crippen LogP contribution in [0, 0.1) is 5.92 Å². The van der Waals surface area contributed by atoms with Gasteiger partial charge in [0.1, 0.15) is 0 Å². The topological polar surface area (TPSA) is 38.5 Å². The van der Waals surface area contributed by atoms with E-state index in [-0.39, 0.29) is 0 Å². The van der Waals surface area contributed by atoms with Crippen LogP contribution < -0.4 is 5.73 Å². The molecule has 0 saturated carbocycles. The van der Waals surface area contributed by atoms with Gasteiger partial charge in [0, 0.05) is 26.2 Å². The predicted octanol–water partition coefficient (Wildman–Crippen LogP) is 0.690. The summed E-state index contributed by atoms with van der Waals surface area (Å²) in [5.74, 6) is 0.744. The molecule has 1 fully saturated rings. The van der Waals surface area contributed by atoms with E-state index in [0.29, 0.717) is 12.1 Å². The molecular weight excluding hydrogens is 164 g/mol. The van der Waals surface area contributed by atoms with E-state index >= 15 is 0 Å². The summed E-state index contributed by atoms with van der Waals surface area (Å²) in [6.45, 7) is 7.36. The van der Waals surface area contributed by atoms with Crippen molar-refractivity contribution >= 4 is 0 Å². The van der Waals surface area contributed by atoms with Gasteiger partial charge in [-0.2, -0.15) is 0 Å². The maximum absolute atomic E-state index is 5.75. The van der Waals surface area contributed by atoms with E-state index in [1.54, 1.807) is 7.11 Å². The van der Waals surface area contributed by atoms with Gasteiger partial charge in [-0.05, 0) is 25.8 Å². The summed E-state index contributed by atoms with van der Waals surface area (Å²) in [4.78, 5) is 2.46. The summed E-state index contributed by atoms with van der Waals surface area (Å²) < 4.78 is 5.26. The fraction of sp³-hybridized carbons (Fsp3) is 1.00. The molecule has 3 heteroatoms. The maximum Gasteiger partial charge on any atom is 0.0670 e. The first kappa shape index (κ1) is 11.0. The fourth-order valence-corrected chi connectivity index (χ4v) is 2.10. The molecule has 1 rings (SSSR count). The Morgan fingerprint density at radius 2 is 2.31 bits per heavy atom. The summed E-state index contributed by atoms with van der Waals surface area (Å²) >= 11 is 0. The molecule has 0 spiro atoms. The van der Waals surface area contributed by atoms with Crippen molar-refractivity contribution in [3.8, 4) is 0 Å². The highest BCUT2D eigenvalue weighted by Crippen LogP contribution is 2.23. The van der Waals surface area contributed by atoms with Gasteiger partial charge in [0.05, 0.1) is 6.10 Å². The molecule has 0 aromatic carbocycles. The molecule has 3 atom stereocenters. The van der Waals surface area contributed by atoms with Crippen molar-refractivity contribution in [1.29, 1.82) is 0 Å². The van der Waals surface area contributed by atoms with Gasteiger partial charge in [-0.1, -0.05) is 6.92 Å². The van der Waals surface area contributed by atoms with Crippen LogP contribution >= 0.6 is 0 Å². The molecule has 1 aliphatic rings. The molecule has 3 nitrogen and oxygen atoms in total. The number of hydrogen-bond acceptors (Lipinski definition) is 3. The Morgan fingerprint density at radius 3 is 2.85 bits per heavy atom. The van der Waals surface area contributed by atoms with Crippen LogP contribution in [0.2, 0.25) is 0 Å². The lowest BCUT2D eigenvalue weighted by Gasteiger charge is -2.27. The van der Waals surface area contributed by atoms with Gasteiger partial charge >= 0.3 is 0 Å². The van der Waals surface area contributed by atoms with Crippen LogP contribution in [0.5, 0.6) is 0 Å². The maximum atomic E-state index is 5.75. The normalized spacial score (nSPS) is 32.3. The molecule has 0 bridgehead atoms. The number of ether oxygens (including phenoxy) is 1. The van der Waals surface area contributed by atoms with Crippen molar-refractivity contribution in [3.05, 3.63) is 0 Å². The number of hydrogen-bond donors (Lipinski definition) is 1. The first-order valence-electron chi connectivity index (χ1n) is 5.16. The molecule has 1 aliphatic heterocycles. The van der Waals surface area contributed by atoms with Crippen molar-refractivity contribution in [1.82, 2.24) is 4.90 Å². The SMILES string of the molecule is COC(C)CN1CCC(C)C1CN. The molecule has 3 unspecified atom stereocenters. The Bertz CT molecular complexity index is 152. The van der Waals surface area contributed by atoms with Gasteiger partial charge in [-0.15, -0.1) is 0 Å². The molecule has 2 N–H and O–H groups in total. The van der Waals surface area contributed by atoms with Crippen molar-refractivity contribution < 1.29 is 4.74 Å². The molecule has 0 aromatic heterocycles. The molecule has 13 heavy (non-hydrogen) atoms. The second-order valence-corrected chi connectivity index (χ2v) is 4.11. The highest BCUT2D eigenvalue weighted by atomic mass is 16.5. The average Bonchev–Trinajstić information content (AvgIpc) is 2.46. The van der Waals surface area contributed by atoms with Gasteiger partial charge in [0.15, 0.2) is 0 Å². The number of likely N-dealkylation sites (tertiary alicyclic amines) is 1. The number of nitrogens with two attached hydrogens (primary N) is 1. The van der Waals surface area contributed by atoms with Crippen molar-refractivity contribution in [2.45, 2.75) is 32.4 Å². The van der Waals surface area contributed by atoms with E-state index in [2.05, 4.69) is 18.7 Å². The molecule has 0 radical (unpaired) electrons. The highest BCUT2D eigenvalue weighted by Gasteiger charge is 2.30. The first-order chi connectivity index (χ1) is 6.19. The van der Waals surface area contributed by atoms with Gasteiger partial charge < -0.3 is 10.5 Å². The molecule has 1 saturated heterocycles. The van der Waals surface area contributed by atoms with E-state index < -0.39 is 0 Å². The molecule has 0 aromatic rings. The Labute approximate surface area is 81.2 Å². The largest absolute Gasteiger partial charge is 0.380 e. The summed E-state index contributed by atoms with van der Waals surface area (Å²) in [5.41, 5.74) is 5.75. The first-order valence-corrected chi connectivity index (χ1v) is 5.16. The van der Waals surface area contributed by atoms with Crippen LogP contribution in [0.4, 0.5) is 0 Å². The van der Waals surface area contributed by atoms with Crippen LogP contribution in [-0.4, -0.2) is 43.8 Å². The third-order valence-corrected chi connectivity index (χ3v) is 3.13. The fourth-order valence-electron chi connectivity index (χ4n) is 2.10. The van der Waals surface area contributed by atoms with Gasteiger partial charge in [0.2, 0.25) is 0 Å². The minimum atomic E-state index is 0.319. The second kappa shape index (κ2) is 4.94. The zero-order valence-electron chi connectivity index (χ0n) is 8.99. The van der Waals surface area contributed by atoms with Crippen LogP contribution in [0.3, 0.4) is 0 Å². The monoisotopic (exact) mass is 186 g/mol. The zero-order valence-corrected chi connectivity index (χ0v) is 8.99. The molecule has 78 valence electrons. The smallest absolute Gasteiger partial charge is 0.0670 e. The molecule has 0 amide bonds. The van der Waals surface area contributed by atoms with Crippen LogP contribution in [0.15, 0.2) is 0 Å². The Hall–Kier alpha value is -0.120. The van der Waals surface area contributed by atoms with Gasteiger partial charge in [-0.3, -0.25) is 4.90 Å². The minimum absolute atomic E-state index is 0.319. The van der Waals surface area contributed by atoms with Gasteiger partial charge in [0.25, 0.3) is 0 Å². The van der Waals surface area contributed by atoms with E-state index in [4.69, 9.17) is 10.5 Å². The van der Waals surface area contributed by atoms with Crippen LogP contribution in [-0.2, 0) is 4.74 Å². The summed E-state index contributed by atoms with van der Waals surface area (Å²) in [6, 6.07) is 0.567.